The van der Waals surface area contributed by atoms with E-state index in [1.54, 1.807) is 0 Å². The topological polar surface area (TPSA) is 30.5 Å². The van der Waals surface area contributed by atoms with E-state index < -0.39 is 5.41 Å². The molecule has 3 heteroatoms. The third-order valence-electron chi connectivity index (χ3n) is 10.6. The molecule has 1 unspecified atom stereocenters. The Balaban J connectivity index is 1.17. The highest BCUT2D eigenvalue weighted by Gasteiger charge is 2.52. The van der Waals surface area contributed by atoms with Gasteiger partial charge in [-0.3, -0.25) is 0 Å². The van der Waals surface area contributed by atoms with Crippen molar-refractivity contribution in [2.75, 3.05) is 5.32 Å². The summed E-state index contributed by atoms with van der Waals surface area (Å²) in [7, 11) is 0. The van der Waals surface area contributed by atoms with Crippen molar-refractivity contribution in [3.63, 3.8) is 0 Å². The lowest BCUT2D eigenvalue weighted by atomic mass is 9.60. The summed E-state index contributed by atoms with van der Waals surface area (Å²) >= 11 is 0. The maximum atomic E-state index is 6.97. The van der Waals surface area contributed by atoms with Crippen molar-refractivity contribution in [3.8, 4) is 50.6 Å². The summed E-state index contributed by atoms with van der Waals surface area (Å²) < 4.78 is 13.6. The Labute approximate surface area is 304 Å². The van der Waals surface area contributed by atoms with Gasteiger partial charge >= 0.3 is 0 Å². The molecule has 2 aliphatic heterocycles. The Kier molecular flexibility index (Phi) is 7.17. The second-order valence-electron chi connectivity index (χ2n) is 13.6. The molecule has 1 aliphatic carbocycles. The molecule has 3 aliphatic rings. The fourth-order valence-electron chi connectivity index (χ4n) is 8.24. The van der Waals surface area contributed by atoms with E-state index in [1.165, 1.54) is 11.1 Å². The molecule has 0 bridgehead atoms. The van der Waals surface area contributed by atoms with E-state index in [9.17, 15) is 0 Å². The van der Waals surface area contributed by atoms with Gasteiger partial charge in [-0.15, -0.1) is 0 Å². The molecule has 1 N–H and O–H groups in total. The number of anilines is 2. The van der Waals surface area contributed by atoms with Crippen LogP contribution in [0.3, 0.4) is 0 Å². The van der Waals surface area contributed by atoms with Gasteiger partial charge in [0.05, 0.1) is 5.41 Å². The Morgan fingerprint density at radius 2 is 1.04 bits per heavy atom. The Morgan fingerprint density at radius 3 is 1.87 bits per heavy atom. The predicted octanol–water partition coefficient (Wildman–Crippen LogP) is 12.9. The summed E-state index contributed by atoms with van der Waals surface area (Å²) in [5.41, 5.74) is 12.9. The molecular weight excluding hydrogens is 635 g/mol. The lowest BCUT2D eigenvalue weighted by Crippen LogP contribution is -2.40. The van der Waals surface area contributed by atoms with E-state index in [0.717, 1.165) is 91.7 Å². The molecule has 0 saturated carbocycles. The second-order valence-corrected chi connectivity index (χ2v) is 13.6. The Bertz CT molecular complexity index is 2540. The van der Waals surface area contributed by atoms with Crippen molar-refractivity contribution in [2.45, 2.75) is 18.3 Å². The van der Waals surface area contributed by atoms with Gasteiger partial charge in [0, 0.05) is 39.2 Å². The number of ether oxygens (including phenoxy) is 2. The highest BCUT2D eigenvalue weighted by molar-refractivity contribution is 5.86. The molecule has 0 radical (unpaired) electrons. The van der Waals surface area contributed by atoms with E-state index in [1.807, 2.05) is 6.07 Å². The largest absolute Gasteiger partial charge is 0.457 e. The average molecular weight is 670 g/mol. The van der Waals surface area contributed by atoms with Gasteiger partial charge in [0.1, 0.15) is 23.0 Å². The fourth-order valence-corrected chi connectivity index (χ4v) is 8.24. The monoisotopic (exact) mass is 669 g/mol. The molecule has 248 valence electrons. The molecule has 10 rings (SSSR count). The summed E-state index contributed by atoms with van der Waals surface area (Å²) in [4.78, 5) is 0. The number of benzene rings is 7. The first-order valence-corrected chi connectivity index (χ1v) is 18.0. The maximum absolute atomic E-state index is 6.97. The van der Waals surface area contributed by atoms with Crippen LogP contribution in [0, 0.1) is 0 Å². The van der Waals surface area contributed by atoms with Gasteiger partial charge in [0.15, 0.2) is 0 Å². The molecule has 1 atom stereocenters. The smallest absolute Gasteiger partial charge is 0.132 e. The molecule has 2 heterocycles. The van der Waals surface area contributed by atoms with Crippen LogP contribution in [0.2, 0.25) is 0 Å². The SMILES string of the molecule is C1=C2Oc3ccccc3C3(C2=CCC1)c1ccc(-c2ccc(Nc4ccccc4)c(-c4ccccc4)c2)cc1Oc1ccc(-c2ccccc2)cc13. The van der Waals surface area contributed by atoms with Gasteiger partial charge in [-0.2, -0.15) is 0 Å². The van der Waals surface area contributed by atoms with E-state index in [2.05, 4.69) is 181 Å². The van der Waals surface area contributed by atoms with E-state index >= 15 is 0 Å². The summed E-state index contributed by atoms with van der Waals surface area (Å²) in [5.74, 6) is 3.54. The van der Waals surface area contributed by atoms with Crippen molar-refractivity contribution in [3.05, 3.63) is 210 Å². The van der Waals surface area contributed by atoms with Gasteiger partial charge < -0.3 is 14.8 Å². The summed E-state index contributed by atoms with van der Waals surface area (Å²) in [6, 6.07) is 60.2. The van der Waals surface area contributed by atoms with Crippen molar-refractivity contribution in [1.29, 1.82) is 0 Å². The molecule has 0 amide bonds. The van der Waals surface area contributed by atoms with Crippen molar-refractivity contribution in [2.24, 2.45) is 0 Å². The minimum Gasteiger partial charge on any atom is -0.457 e. The van der Waals surface area contributed by atoms with Crippen LogP contribution in [0.5, 0.6) is 17.2 Å². The summed E-state index contributed by atoms with van der Waals surface area (Å²) in [6.45, 7) is 0. The van der Waals surface area contributed by atoms with Crippen LogP contribution in [0.1, 0.15) is 29.5 Å². The zero-order valence-corrected chi connectivity index (χ0v) is 28.6. The van der Waals surface area contributed by atoms with Gasteiger partial charge in [-0.25, -0.2) is 0 Å². The first-order chi connectivity index (χ1) is 25.8. The lowest BCUT2D eigenvalue weighted by molar-refractivity contribution is 0.363. The first-order valence-electron chi connectivity index (χ1n) is 18.0. The number of para-hydroxylation sites is 2. The number of hydrogen-bond acceptors (Lipinski definition) is 3. The number of rotatable bonds is 5. The number of fused-ring (bicyclic) bond motifs is 8. The third-order valence-corrected chi connectivity index (χ3v) is 10.6. The molecule has 0 fully saturated rings. The Morgan fingerprint density at radius 1 is 0.423 bits per heavy atom. The van der Waals surface area contributed by atoms with Crippen LogP contribution in [0.15, 0.2) is 193 Å². The molecule has 7 aromatic carbocycles. The van der Waals surface area contributed by atoms with Crippen LogP contribution < -0.4 is 14.8 Å². The second kappa shape index (κ2) is 12.3. The van der Waals surface area contributed by atoms with Crippen LogP contribution in [0.4, 0.5) is 11.4 Å². The summed E-state index contributed by atoms with van der Waals surface area (Å²) in [5, 5.41) is 3.65. The minimum absolute atomic E-state index is 0.619. The van der Waals surface area contributed by atoms with Crippen molar-refractivity contribution < 1.29 is 9.47 Å². The fraction of sp³-hybridized carbons (Fsp3) is 0.0612. The lowest BCUT2D eigenvalue weighted by Gasteiger charge is -2.47. The zero-order chi connectivity index (χ0) is 34.5. The normalized spacial score (nSPS) is 16.5. The zero-order valence-electron chi connectivity index (χ0n) is 28.6. The van der Waals surface area contributed by atoms with Crippen LogP contribution in [-0.4, -0.2) is 0 Å². The van der Waals surface area contributed by atoms with Crippen LogP contribution in [0.25, 0.3) is 33.4 Å². The average Bonchev–Trinajstić information content (AvgIpc) is 3.21. The first kappa shape index (κ1) is 30.3. The molecule has 3 nitrogen and oxygen atoms in total. The molecule has 7 aromatic rings. The molecular formula is C49H35NO2. The maximum Gasteiger partial charge on any atom is 0.132 e. The van der Waals surface area contributed by atoms with Gasteiger partial charge in [0.25, 0.3) is 0 Å². The minimum atomic E-state index is -0.619. The van der Waals surface area contributed by atoms with E-state index in [-0.39, 0.29) is 0 Å². The molecule has 0 aromatic heterocycles. The molecule has 1 spiro atoms. The van der Waals surface area contributed by atoms with Crippen molar-refractivity contribution >= 4 is 11.4 Å². The summed E-state index contributed by atoms with van der Waals surface area (Å²) in [6.07, 6.45) is 6.56. The standard InChI is InChI=1S/C49H35NO2/c1-4-14-33(15-5-1)36-26-29-47-43(31-36)49(40-20-10-12-22-45(40)51-46-23-13-11-21-41(46)49)42-27-24-37(32-48(42)52-47)35-25-28-44(50-38-18-8-3-9-19-38)39(30-35)34-16-6-2-7-17-34/h1-10,12,14-32,50H,11,13H2. The van der Waals surface area contributed by atoms with Gasteiger partial charge in [0.2, 0.25) is 0 Å². The number of hydrogen-bond donors (Lipinski definition) is 1. The van der Waals surface area contributed by atoms with Crippen LogP contribution in [-0.2, 0) is 5.41 Å². The van der Waals surface area contributed by atoms with E-state index in [4.69, 9.17) is 9.47 Å². The third kappa shape index (κ3) is 4.89. The molecule has 0 saturated heterocycles. The highest BCUT2D eigenvalue weighted by atomic mass is 16.5. The number of allylic oxidation sites excluding steroid dienone is 3. The highest BCUT2D eigenvalue weighted by Crippen LogP contribution is 2.62. The van der Waals surface area contributed by atoms with Gasteiger partial charge in [-0.05, 0) is 95.3 Å². The van der Waals surface area contributed by atoms with E-state index in [0.29, 0.717) is 0 Å². The van der Waals surface area contributed by atoms with Crippen LogP contribution >= 0.6 is 0 Å². The quantitative estimate of drug-likeness (QED) is 0.198. The van der Waals surface area contributed by atoms with Crippen molar-refractivity contribution in [1.82, 2.24) is 0 Å². The molecule has 52 heavy (non-hydrogen) atoms. The Hall–Kier alpha value is -6.58. The van der Waals surface area contributed by atoms with Gasteiger partial charge in [-0.1, -0.05) is 127 Å². The predicted molar refractivity (Wildman–Crippen MR) is 211 cm³/mol. The number of nitrogens with one attached hydrogen (secondary N) is 1.